The van der Waals surface area contributed by atoms with Gasteiger partial charge in [-0.15, -0.1) is 56.7 Å². The van der Waals surface area contributed by atoms with E-state index in [0.29, 0.717) is 112 Å². The van der Waals surface area contributed by atoms with Crippen LogP contribution in [-0.4, -0.2) is 190 Å². The number of amides is 4. The van der Waals surface area contributed by atoms with Gasteiger partial charge in [0, 0.05) is 41.9 Å². The number of thiophene rings is 5. The third-order valence-corrected chi connectivity index (χ3v) is 27.3. The second-order valence-electron chi connectivity index (χ2n) is 31.9. The molecule has 9 heterocycles. The first kappa shape index (κ1) is 123. The predicted molar refractivity (Wildman–Crippen MR) is 593 cm³/mol. The number of nitrogen functional groups attached to an aromatic ring is 2. The molecular formula is C97H94Cl6FN13O24S7Sn. The van der Waals surface area contributed by atoms with Crippen molar-refractivity contribution in [2.24, 2.45) is 0 Å². The van der Waals surface area contributed by atoms with Gasteiger partial charge in [-0.05, 0) is 171 Å². The molecule has 37 nitrogen and oxygen atoms in total. The van der Waals surface area contributed by atoms with Gasteiger partial charge in [0.15, 0.2) is 11.5 Å². The van der Waals surface area contributed by atoms with Gasteiger partial charge in [-0.3, -0.25) is 43.1 Å². The number of nitrogens with zero attached hydrogens (tertiary/aromatic N) is 5. The summed E-state index contributed by atoms with van der Waals surface area (Å²) >= 11 is 27.8. The monoisotopic (exact) mass is 2400 g/mol. The number of carbonyl (C=O) groups is 9. The number of esters is 3. The molecule has 0 aliphatic carbocycles. The Morgan fingerprint density at radius 2 is 0.705 bits per heavy atom. The molecule has 0 saturated carbocycles. The van der Waals surface area contributed by atoms with Crippen molar-refractivity contribution >= 4 is 315 Å². The summed E-state index contributed by atoms with van der Waals surface area (Å²) in [5, 5.41) is 44.8. The number of methoxy groups -OCH3 is 5. The summed E-state index contributed by atoms with van der Waals surface area (Å²) in [6.07, 6.45) is 7.53. The summed E-state index contributed by atoms with van der Waals surface area (Å²) in [6, 6.07) is 54.1. The zero-order valence-electron chi connectivity index (χ0n) is 81.4. The van der Waals surface area contributed by atoms with E-state index in [0.717, 1.165) is 82.0 Å². The Balaban J connectivity index is 0.000000273. The molecule has 2 radical (unpaired) electrons. The van der Waals surface area contributed by atoms with Crippen molar-refractivity contribution in [2.75, 3.05) is 97.4 Å². The Kier molecular flexibility index (Phi) is 46.8. The van der Waals surface area contributed by atoms with Gasteiger partial charge in [0.05, 0.1) is 147 Å². The number of carbonyl (C=O) groups excluding carboxylic acids is 7. The number of halogens is 7. The second-order valence-corrected chi connectivity index (χ2v) is 46.4. The van der Waals surface area contributed by atoms with Crippen molar-refractivity contribution in [1.29, 1.82) is 0 Å². The first-order chi connectivity index (χ1) is 69.8. The summed E-state index contributed by atoms with van der Waals surface area (Å²) < 4.78 is 95.3. The number of rotatable bonds is 20. The normalized spacial score (nSPS) is 10.7. The summed E-state index contributed by atoms with van der Waals surface area (Å²) in [5.74, 6) is -4.04. The van der Waals surface area contributed by atoms with Crippen LogP contribution in [0.4, 0.5) is 55.6 Å². The molecule has 4 amide bonds. The fourth-order valence-electron chi connectivity index (χ4n) is 12.6. The number of ether oxygens (including phenoxy) is 5. The van der Waals surface area contributed by atoms with Gasteiger partial charge in [0.25, 0.3) is 29.3 Å². The van der Waals surface area contributed by atoms with Crippen LogP contribution < -0.4 is 51.7 Å². The van der Waals surface area contributed by atoms with Crippen LogP contribution in [0.2, 0.25) is 20.6 Å². The molecule has 7 aromatic carbocycles. The van der Waals surface area contributed by atoms with Crippen LogP contribution in [0.5, 0.6) is 11.5 Å². The Hall–Kier alpha value is -13.3. The van der Waals surface area contributed by atoms with Crippen molar-refractivity contribution in [3.05, 3.63) is 307 Å². The molecule has 16 N–H and O–H groups in total. The fourth-order valence-corrected chi connectivity index (χ4v) is 19.3. The third kappa shape index (κ3) is 36.0. The van der Waals surface area contributed by atoms with Crippen LogP contribution >= 0.6 is 121 Å². The summed E-state index contributed by atoms with van der Waals surface area (Å²) in [7, 11) is 8.73. The van der Waals surface area contributed by atoms with Gasteiger partial charge >= 0.3 is 66.6 Å². The number of pyridine rings is 4. The molecule has 9 aromatic heterocycles. The number of hydrogen-bond donors (Lipinski definition) is 10. The van der Waals surface area contributed by atoms with Gasteiger partial charge in [-0.1, -0.05) is 149 Å². The molecule has 786 valence electrons. The van der Waals surface area contributed by atoms with Crippen LogP contribution in [-0.2, 0) is 45.1 Å². The van der Waals surface area contributed by atoms with Gasteiger partial charge in [0.2, 0.25) is 20.0 Å². The van der Waals surface area contributed by atoms with Gasteiger partial charge in [-0.2, -0.15) is 0 Å². The Morgan fingerprint density at radius 1 is 0.409 bits per heavy atom. The van der Waals surface area contributed by atoms with E-state index in [1.165, 1.54) is 125 Å². The molecule has 149 heavy (non-hydrogen) atoms. The average molecular weight is 2400 g/mol. The van der Waals surface area contributed by atoms with Crippen molar-refractivity contribution in [1.82, 2.24) is 19.9 Å². The quantitative estimate of drug-likeness (QED) is 0.00644. The van der Waals surface area contributed by atoms with Crippen LogP contribution in [0.25, 0.3) is 50.4 Å². The topological polar surface area (TPSA) is 590 Å². The van der Waals surface area contributed by atoms with E-state index in [1.807, 2.05) is 77.9 Å². The number of aromatic nitrogens is 4. The Labute approximate surface area is 911 Å². The SMILES string of the molecule is COC(=O)c1cc2cccc(N)c2s1.COC(=O)c1cc2cccc(NC(=O)c3ccc(Cl)nc3)c2s1.COC(=O)c1cc2cccc([N+](=O)[O-])c2s1.COc1c(N)cc(C(C)(C)C)cc1NS(C)(=O)=O.COc1c(NC(=O)c2cc3cccc(NC(=O)c4ccc(Cl)nc4)c3s2)cc(C(C)(C)C)cc1NS(C)(=O)=O.O.O.O=C(Nc1cccc2cc(C(=O)O)sc12)c1ccc(Cl)nc1.O=C(O)c1ccc(Cl)nc1.[2H]CF.[Cl][Sn][Cl]. The molecule has 0 aliphatic rings. The van der Waals surface area contributed by atoms with Crippen molar-refractivity contribution in [3.63, 3.8) is 0 Å². The minimum absolute atomic E-state index is 0. The number of nitro groups is 1. The molecule has 16 rings (SSSR count). The van der Waals surface area contributed by atoms with Gasteiger partial charge in [0.1, 0.15) is 44.8 Å². The first-order valence-corrected chi connectivity index (χ1v) is 58.3. The number of non-ortho nitro benzene ring substituents is 1. The molecule has 0 atom stereocenters. The number of alkyl halides is 1. The van der Waals surface area contributed by atoms with E-state index in [-0.39, 0.29) is 78.2 Å². The number of nitrogens with two attached hydrogens (primary N) is 2. The second kappa shape index (κ2) is 56.9. The third-order valence-electron chi connectivity index (χ3n) is 19.4. The number of aromatic carboxylic acids is 2. The molecule has 0 spiro atoms. The number of nitro benzene ring substituents is 1. The van der Waals surface area contributed by atoms with Crippen LogP contribution in [0, 0.1) is 10.1 Å². The van der Waals surface area contributed by atoms with Crippen molar-refractivity contribution in [3.8, 4) is 11.5 Å². The zero-order valence-corrected chi connectivity index (χ0v) is 93.6. The maximum atomic E-state index is 13.4. The van der Waals surface area contributed by atoms with E-state index in [4.69, 9.17) is 102 Å². The molecular weight excluding hydrogens is 2310 g/mol. The average Bonchev–Trinajstić information content (AvgIpc) is 1.67. The predicted octanol–water partition coefficient (Wildman–Crippen LogP) is 22.2. The molecule has 52 heteroatoms. The number of anilines is 8. The number of carboxylic acids is 2. The molecule has 0 fully saturated rings. The molecule has 0 aliphatic heterocycles. The van der Waals surface area contributed by atoms with E-state index in [2.05, 4.69) is 60.1 Å². The van der Waals surface area contributed by atoms with Crippen LogP contribution in [0.15, 0.2) is 219 Å². The number of sulfonamides is 2. The maximum absolute atomic E-state index is 13.4. The number of hydrogen-bond acceptors (Lipinski definition) is 31. The molecule has 0 bridgehead atoms. The summed E-state index contributed by atoms with van der Waals surface area (Å²) in [5.41, 5.74) is 17.9. The Bertz CT molecular complexity index is 7790. The number of fused-ring (bicyclic) bond motifs is 5. The zero-order chi connectivity index (χ0) is 110. The number of carboxylic acid groups (broad SMARTS) is 2. The van der Waals surface area contributed by atoms with Gasteiger partial charge < -0.3 is 77.6 Å². The fraction of sp³-hybridized carbons (Fsp3) is 0.165. The van der Waals surface area contributed by atoms with Crippen molar-refractivity contribution in [2.45, 2.75) is 52.4 Å². The summed E-state index contributed by atoms with van der Waals surface area (Å²) in [6.45, 7) is 12.0. The molecule has 16 aromatic rings. The van der Waals surface area contributed by atoms with E-state index < -0.39 is 80.8 Å². The van der Waals surface area contributed by atoms with Crippen LogP contribution in [0.1, 0.15) is 144 Å². The molecule has 0 saturated heterocycles. The van der Waals surface area contributed by atoms with E-state index in [1.54, 1.807) is 127 Å². The summed E-state index contributed by atoms with van der Waals surface area (Å²) in [4.78, 5) is 134. The van der Waals surface area contributed by atoms with E-state index >= 15 is 0 Å². The minimum atomic E-state index is -3.61. The molecule has 0 unspecified atom stereocenters. The first-order valence-electron chi connectivity index (χ1n) is 42.4. The van der Waals surface area contributed by atoms with Gasteiger partial charge in [-0.25, -0.2) is 60.7 Å². The standard InChI is InChI=1S/C27H27ClN4O5S2.C16H11ClN2O3S.C15H9ClN2O3S.C12H20N2O3S.C10H7NO4S.C10H9NO2S.C6H4ClNO2.CH3F.2ClH.2H2O.Sn/c1-27(2,3)17-12-19(23(37-4)20(13-17)32-39(5,35)36)31-26(34)21-11-15-7-6-8-18(24(15)38-21)30-25(33)16-9-10-22(28)29-14-16;1-22-16(21)12-7-9-3-2-4-11(14(9)23-12)19-15(20)10-5-6-13(17)18-8-10;16-12-5-4-9(7-17-12)14(19)18-10-3-1-2-8-6-11(15(20)21)22-13(8)10;1-12(2,3)8-6-9(13)11(17-4)10(7-8)14-18(5,15)16;1-15-10(12)8-5-6-3-2-4-7(11(13)14)9(6)16-8;1-13-10(12)8-5-6-3-2-4-7(11)9(6)14-8;7-5-2-1-4(3-8-5)6(9)10;1-2;;;;;/h6-14,32H,1-5H3,(H,30,33)(H,31,34);2-8H,1H3,(H,19,20);1-7H,(H,18,19)(H,20,21);6-7,14H,13H2,1-5H3;2-5H,1H3;2-5H,11H2,1H3;1-3H,(H,9,10);1H3;2*1H;2*1H2;/q;;;;;;;;;;;;+2/p-2/i;;;;;;;1D;;;;;. The number of benzene rings is 7. The van der Waals surface area contributed by atoms with Crippen molar-refractivity contribution < 1.29 is 116 Å². The van der Waals surface area contributed by atoms with Crippen LogP contribution in [0.3, 0.4) is 0 Å². The Morgan fingerprint density at radius 3 is 1.03 bits per heavy atom. The number of nitrogens with one attached hydrogen (secondary N) is 6. The van der Waals surface area contributed by atoms with E-state index in [9.17, 15) is 74.5 Å².